The minimum Gasteiger partial charge on any atom is -0.469 e. The Morgan fingerprint density at radius 2 is 2.19 bits per heavy atom. The largest absolute Gasteiger partial charge is 0.469 e. The second kappa shape index (κ2) is 4.69. The van der Waals surface area contributed by atoms with Crippen molar-refractivity contribution < 1.29 is 9.53 Å². The summed E-state index contributed by atoms with van der Waals surface area (Å²) in [6.45, 7) is 6.19. The van der Waals surface area contributed by atoms with Gasteiger partial charge in [-0.3, -0.25) is 4.79 Å². The third-order valence-electron chi connectivity index (χ3n) is 3.63. The molecule has 1 rings (SSSR count). The maximum absolute atomic E-state index is 11.1. The monoisotopic (exact) mass is 221 g/mol. The van der Waals surface area contributed by atoms with Crippen LogP contribution in [0.1, 0.15) is 33.6 Å². The molecule has 0 unspecified atom stereocenters. The van der Waals surface area contributed by atoms with Crippen LogP contribution in [0.2, 0.25) is 0 Å². The molecule has 88 valence electrons. The molecule has 0 N–H and O–H groups in total. The van der Waals surface area contributed by atoms with Crippen LogP contribution in [0, 0.1) is 28.6 Å². The Kier molecular flexibility index (Phi) is 3.74. The summed E-state index contributed by atoms with van der Waals surface area (Å²) in [5.41, 5.74) is 0.977. The molecule has 0 amide bonds. The van der Waals surface area contributed by atoms with Crippen molar-refractivity contribution in [2.24, 2.45) is 17.3 Å². The summed E-state index contributed by atoms with van der Waals surface area (Å²) >= 11 is 0. The highest BCUT2D eigenvalue weighted by Gasteiger charge is 2.55. The smallest absolute Gasteiger partial charge is 0.305 e. The van der Waals surface area contributed by atoms with E-state index in [1.54, 1.807) is 0 Å². The average Bonchev–Trinajstić information content (AvgIpc) is 2.76. The fourth-order valence-electron chi connectivity index (χ4n) is 2.35. The van der Waals surface area contributed by atoms with Gasteiger partial charge < -0.3 is 4.74 Å². The fraction of sp³-hybridized carbons (Fsp3) is 0.692. The van der Waals surface area contributed by atoms with E-state index in [0.717, 1.165) is 12.0 Å². The highest BCUT2D eigenvalue weighted by atomic mass is 16.5. The highest BCUT2D eigenvalue weighted by Crippen LogP contribution is 2.61. The Morgan fingerprint density at radius 1 is 1.56 bits per heavy atom. The predicted octanol–water partition coefficient (Wildman–Crippen LogP) is 2.68. The first kappa shape index (κ1) is 12.8. The molecule has 0 spiro atoms. The lowest BCUT2D eigenvalue weighted by Gasteiger charge is -2.01. The summed E-state index contributed by atoms with van der Waals surface area (Å²) in [5, 5.41) is 8.73. The number of ether oxygens (including phenoxy) is 1. The Balaban J connectivity index is 2.52. The van der Waals surface area contributed by atoms with Gasteiger partial charge >= 0.3 is 5.97 Å². The third kappa shape index (κ3) is 2.63. The van der Waals surface area contributed by atoms with Gasteiger partial charge in [-0.1, -0.05) is 19.9 Å². The number of allylic oxidation sites excluding steroid dienone is 2. The van der Waals surface area contributed by atoms with Crippen LogP contribution in [0.25, 0.3) is 0 Å². The van der Waals surface area contributed by atoms with Crippen molar-refractivity contribution in [2.75, 3.05) is 7.11 Å². The number of hydrogen-bond donors (Lipinski definition) is 0. The average molecular weight is 221 g/mol. The summed E-state index contributed by atoms with van der Waals surface area (Å²) < 4.78 is 4.63. The van der Waals surface area contributed by atoms with Crippen molar-refractivity contribution >= 4 is 5.97 Å². The fourth-order valence-corrected chi connectivity index (χ4v) is 2.35. The second-order valence-corrected chi connectivity index (χ2v) is 5.03. The van der Waals surface area contributed by atoms with Crippen molar-refractivity contribution in [1.82, 2.24) is 0 Å². The molecule has 1 aliphatic carbocycles. The van der Waals surface area contributed by atoms with E-state index in [0.29, 0.717) is 18.3 Å². The number of nitrogens with zero attached hydrogens (tertiary/aromatic N) is 1. The quantitative estimate of drug-likeness (QED) is 0.541. The first-order valence-corrected chi connectivity index (χ1v) is 5.58. The first-order valence-electron chi connectivity index (χ1n) is 5.58. The highest BCUT2D eigenvalue weighted by molar-refractivity contribution is 5.69. The zero-order chi connectivity index (χ0) is 12.3. The molecule has 0 bridgehead atoms. The van der Waals surface area contributed by atoms with Gasteiger partial charge in [0.15, 0.2) is 0 Å². The molecule has 0 heterocycles. The van der Waals surface area contributed by atoms with E-state index in [-0.39, 0.29) is 11.4 Å². The van der Waals surface area contributed by atoms with Gasteiger partial charge in [-0.25, -0.2) is 0 Å². The summed E-state index contributed by atoms with van der Waals surface area (Å²) in [7, 11) is 1.41. The SMILES string of the molecule is COC(=O)CC[C@@H]1[C@@H](/C=C(\C)C#N)C1(C)C. The van der Waals surface area contributed by atoms with E-state index >= 15 is 0 Å². The molecular weight excluding hydrogens is 202 g/mol. The van der Waals surface area contributed by atoms with E-state index in [1.807, 2.05) is 13.0 Å². The van der Waals surface area contributed by atoms with Crippen molar-refractivity contribution in [1.29, 1.82) is 5.26 Å². The lowest BCUT2D eigenvalue weighted by Crippen LogP contribution is -2.01. The zero-order valence-electron chi connectivity index (χ0n) is 10.4. The van der Waals surface area contributed by atoms with E-state index in [1.165, 1.54) is 7.11 Å². The molecular formula is C13H19NO2. The van der Waals surface area contributed by atoms with Gasteiger partial charge in [0.25, 0.3) is 0 Å². The van der Waals surface area contributed by atoms with Gasteiger partial charge in [-0.15, -0.1) is 0 Å². The molecule has 0 aliphatic heterocycles. The van der Waals surface area contributed by atoms with Gasteiger partial charge in [0.05, 0.1) is 13.2 Å². The third-order valence-corrected chi connectivity index (χ3v) is 3.63. The van der Waals surface area contributed by atoms with Crippen molar-refractivity contribution in [3.05, 3.63) is 11.6 Å². The van der Waals surface area contributed by atoms with Crippen LogP contribution in [0.15, 0.2) is 11.6 Å². The van der Waals surface area contributed by atoms with Gasteiger partial charge in [0.1, 0.15) is 0 Å². The number of methoxy groups -OCH3 is 1. The molecule has 3 nitrogen and oxygen atoms in total. The zero-order valence-corrected chi connectivity index (χ0v) is 10.4. The number of esters is 1. The van der Waals surface area contributed by atoms with Crippen molar-refractivity contribution in [2.45, 2.75) is 33.6 Å². The molecule has 1 aliphatic rings. The van der Waals surface area contributed by atoms with Crippen molar-refractivity contribution in [3.8, 4) is 6.07 Å². The van der Waals surface area contributed by atoms with Crippen LogP contribution in [0.5, 0.6) is 0 Å². The minimum absolute atomic E-state index is 0.151. The van der Waals surface area contributed by atoms with Crippen molar-refractivity contribution in [3.63, 3.8) is 0 Å². The molecule has 2 atom stereocenters. The number of hydrogen-bond acceptors (Lipinski definition) is 3. The molecule has 0 aromatic heterocycles. The van der Waals surface area contributed by atoms with Gasteiger partial charge in [-0.2, -0.15) is 5.26 Å². The normalized spacial score (nSPS) is 27.1. The van der Waals surface area contributed by atoms with Crippen LogP contribution >= 0.6 is 0 Å². The number of carbonyl (C=O) groups excluding carboxylic acids is 1. The second-order valence-electron chi connectivity index (χ2n) is 5.03. The van der Waals surface area contributed by atoms with E-state index in [2.05, 4.69) is 24.7 Å². The van der Waals surface area contributed by atoms with Crippen LogP contribution in [-0.4, -0.2) is 13.1 Å². The Bertz CT molecular complexity index is 349. The molecule has 1 fully saturated rings. The topological polar surface area (TPSA) is 50.1 Å². The molecule has 0 aromatic carbocycles. The summed E-state index contributed by atoms with van der Waals surface area (Å²) in [4.78, 5) is 11.1. The lowest BCUT2D eigenvalue weighted by atomic mass is 10.1. The van der Waals surface area contributed by atoms with Crippen LogP contribution in [0.3, 0.4) is 0 Å². The van der Waals surface area contributed by atoms with Crippen LogP contribution < -0.4 is 0 Å². The number of carbonyl (C=O) groups is 1. The molecule has 0 saturated heterocycles. The molecule has 1 saturated carbocycles. The Labute approximate surface area is 97.1 Å². The summed E-state index contributed by atoms with van der Waals surface area (Å²) in [5.74, 6) is 0.772. The van der Waals surface area contributed by atoms with Gasteiger partial charge in [0, 0.05) is 12.0 Å². The summed E-state index contributed by atoms with van der Waals surface area (Å²) in [6.07, 6.45) is 3.35. The number of nitriles is 1. The number of rotatable bonds is 4. The summed E-state index contributed by atoms with van der Waals surface area (Å²) in [6, 6.07) is 2.14. The molecule has 0 aromatic rings. The minimum atomic E-state index is -0.151. The van der Waals surface area contributed by atoms with Crippen LogP contribution in [0.4, 0.5) is 0 Å². The van der Waals surface area contributed by atoms with Crippen LogP contribution in [-0.2, 0) is 9.53 Å². The maximum Gasteiger partial charge on any atom is 0.305 e. The van der Waals surface area contributed by atoms with Gasteiger partial charge in [-0.05, 0) is 30.6 Å². The van der Waals surface area contributed by atoms with E-state index in [4.69, 9.17) is 5.26 Å². The Hall–Kier alpha value is -1.30. The predicted molar refractivity (Wildman–Crippen MR) is 61.4 cm³/mol. The lowest BCUT2D eigenvalue weighted by molar-refractivity contribution is -0.140. The van der Waals surface area contributed by atoms with E-state index in [9.17, 15) is 4.79 Å². The maximum atomic E-state index is 11.1. The molecule has 16 heavy (non-hydrogen) atoms. The van der Waals surface area contributed by atoms with Gasteiger partial charge in [0.2, 0.25) is 0 Å². The standard InChI is InChI=1S/C13H19NO2/c1-9(8-14)7-11-10(13(11,2)3)5-6-12(15)16-4/h7,10-11H,5-6H2,1-4H3/b9-7+/t10-,11-/m1/s1. The molecule has 3 heteroatoms. The van der Waals surface area contributed by atoms with E-state index < -0.39 is 0 Å². The first-order chi connectivity index (χ1) is 7.43. The molecule has 0 radical (unpaired) electrons. The Morgan fingerprint density at radius 3 is 2.69 bits per heavy atom.